The Balaban J connectivity index is 5.21. The summed E-state index contributed by atoms with van der Waals surface area (Å²) >= 11 is 0. The van der Waals surface area contributed by atoms with Gasteiger partial charge in [0.2, 0.25) is 0 Å². The monoisotopic (exact) mass is 1590 g/mol. The zero-order chi connectivity index (χ0) is 79.7. The fraction of sp³-hybridized carbons (Fsp3) is 0.956. The molecule has 0 fully saturated rings. The van der Waals surface area contributed by atoms with E-state index < -0.39 is 97.5 Å². The topological polar surface area (TPSA) is 237 Å². The number of phosphoric ester groups is 2. The van der Waals surface area contributed by atoms with E-state index in [2.05, 4.69) is 34.6 Å². The molecular formula is C90H176O17P2. The molecule has 0 saturated carbocycles. The van der Waals surface area contributed by atoms with Gasteiger partial charge in [-0.1, -0.05) is 439 Å². The van der Waals surface area contributed by atoms with Gasteiger partial charge in [-0.3, -0.25) is 37.3 Å². The molecule has 17 nitrogen and oxygen atoms in total. The number of hydrogen-bond donors (Lipinski definition) is 3. The van der Waals surface area contributed by atoms with E-state index in [1.54, 1.807) is 0 Å². The second-order valence-electron chi connectivity index (χ2n) is 32.8. The maximum absolute atomic E-state index is 13.2. The predicted molar refractivity (Wildman–Crippen MR) is 451 cm³/mol. The van der Waals surface area contributed by atoms with Crippen LogP contribution in [-0.2, 0) is 65.4 Å². The number of phosphoric acid groups is 2. The SMILES string of the molecule is CCCCCCCCCCCCCCCCCCCCCCC(=O)OC[C@H](COP(=O)(O)OC[C@@H](O)COP(=O)(O)OC[C@@H](COC(=O)CCCCCCCCCCCC)OC(=O)CCCCCCCCCCCCCCCCCCC(C)C)OC(=O)CCCCCCCCCCCCCCCCCCCCCC. The number of aliphatic hydroxyl groups excluding tert-OH is 1. The lowest BCUT2D eigenvalue weighted by Gasteiger charge is -2.21. The third kappa shape index (κ3) is 83.8. The first-order valence-electron chi connectivity index (χ1n) is 46.6. The Hall–Kier alpha value is -1.94. The molecule has 648 valence electrons. The zero-order valence-electron chi connectivity index (χ0n) is 71.7. The Bertz CT molecular complexity index is 2070. The first-order chi connectivity index (χ1) is 53.0. The molecule has 0 bridgehead atoms. The van der Waals surface area contributed by atoms with E-state index in [1.165, 1.54) is 315 Å². The van der Waals surface area contributed by atoms with Crippen molar-refractivity contribution >= 4 is 39.5 Å². The molecule has 109 heavy (non-hydrogen) atoms. The summed E-state index contributed by atoms with van der Waals surface area (Å²) in [6.07, 6.45) is 77.9. The lowest BCUT2D eigenvalue weighted by Crippen LogP contribution is -2.30. The number of rotatable bonds is 90. The molecule has 3 N–H and O–H groups in total. The largest absolute Gasteiger partial charge is 0.472 e. The van der Waals surface area contributed by atoms with Crippen molar-refractivity contribution in [2.45, 2.75) is 509 Å². The van der Waals surface area contributed by atoms with Crippen molar-refractivity contribution in [2.75, 3.05) is 39.6 Å². The van der Waals surface area contributed by atoms with Crippen LogP contribution in [0.5, 0.6) is 0 Å². The van der Waals surface area contributed by atoms with Crippen molar-refractivity contribution in [2.24, 2.45) is 5.92 Å². The van der Waals surface area contributed by atoms with Gasteiger partial charge in [0.25, 0.3) is 0 Å². The number of aliphatic hydroxyl groups is 1. The third-order valence-electron chi connectivity index (χ3n) is 21.3. The Labute approximate surface area is 670 Å². The van der Waals surface area contributed by atoms with Crippen LogP contribution in [-0.4, -0.2) is 96.7 Å². The highest BCUT2D eigenvalue weighted by molar-refractivity contribution is 7.47. The highest BCUT2D eigenvalue weighted by Crippen LogP contribution is 2.45. The maximum atomic E-state index is 13.2. The van der Waals surface area contributed by atoms with Crippen LogP contribution in [0.2, 0.25) is 0 Å². The first kappa shape index (κ1) is 107. The molecule has 0 aliphatic rings. The molecule has 0 radical (unpaired) electrons. The van der Waals surface area contributed by atoms with Gasteiger partial charge in [0.1, 0.15) is 19.3 Å². The quantitative estimate of drug-likeness (QED) is 0.0222. The summed E-state index contributed by atoms with van der Waals surface area (Å²) in [5.41, 5.74) is 0. The van der Waals surface area contributed by atoms with Crippen molar-refractivity contribution in [3.05, 3.63) is 0 Å². The van der Waals surface area contributed by atoms with Crippen LogP contribution >= 0.6 is 15.6 Å². The zero-order valence-corrected chi connectivity index (χ0v) is 73.5. The first-order valence-corrected chi connectivity index (χ1v) is 49.6. The molecule has 0 rings (SSSR count). The Morgan fingerprint density at radius 3 is 0.624 bits per heavy atom. The number of hydrogen-bond acceptors (Lipinski definition) is 15. The van der Waals surface area contributed by atoms with Crippen molar-refractivity contribution < 1.29 is 80.2 Å². The normalized spacial score (nSPS) is 13.7. The van der Waals surface area contributed by atoms with Crippen molar-refractivity contribution in [3.8, 4) is 0 Å². The standard InChI is InChI=1S/C90H176O17P2/c1-6-9-12-15-18-21-24-26-28-30-32-34-36-41-45-49-54-59-64-69-74-88(93)101-80-86(107-90(95)75-70-65-60-55-50-46-42-37-35-33-31-29-27-25-22-19-16-13-10-7-2)82-105-109(98,99)103-78-84(91)77-102-108(96,97)104-81-85(79-100-87(92)73-68-63-58-53-23-20-17-14-11-8-3)106-89(94)76-71-66-61-56-51-47-43-39-38-40-44-48-52-57-62-67-72-83(4)5/h83-86,91H,6-82H2,1-5H3,(H,96,97)(H,98,99)/t84-,85+,86+/m0/s1. The van der Waals surface area contributed by atoms with E-state index in [1.807, 2.05) is 0 Å². The predicted octanol–water partition coefficient (Wildman–Crippen LogP) is 27.9. The van der Waals surface area contributed by atoms with Crippen LogP contribution in [0.15, 0.2) is 0 Å². The van der Waals surface area contributed by atoms with Crippen LogP contribution < -0.4 is 0 Å². The average Bonchev–Trinajstić information content (AvgIpc) is 0.900. The Kier molecular flexibility index (Phi) is 81.1. The molecule has 0 saturated heterocycles. The van der Waals surface area contributed by atoms with Crippen LogP contribution in [0.25, 0.3) is 0 Å². The van der Waals surface area contributed by atoms with Crippen LogP contribution in [0, 0.1) is 5.92 Å². The maximum Gasteiger partial charge on any atom is 0.472 e. The molecule has 2 unspecified atom stereocenters. The molecular weight excluding hydrogens is 1410 g/mol. The summed E-state index contributed by atoms with van der Waals surface area (Å²) in [6.45, 7) is 7.41. The highest BCUT2D eigenvalue weighted by Gasteiger charge is 2.31. The molecule has 0 heterocycles. The summed E-state index contributed by atoms with van der Waals surface area (Å²) in [4.78, 5) is 73.3. The summed E-state index contributed by atoms with van der Waals surface area (Å²) in [5.74, 6) is -1.29. The highest BCUT2D eigenvalue weighted by atomic mass is 31.2. The van der Waals surface area contributed by atoms with Crippen molar-refractivity contribution in [1.29, 1.82) is 0 Å². The van der Waals surface area contributed by atoms with Crippen LogP contribution in [0.3, 0.4) is 0 Å². The lowest BCUT2D eigenvalue weighted by molar-refractivity contribution is -0.161. The molecule has 0 aliphatic carbocycles. The van der Waals surface area contributed by atoms with E-state index in [4.69, 9.17) is 37.0 Å². The van der Waals surface area contributed by atoms with E-state index >= 15 is 0 Å². The Morgan fingerprint density at radius 2 is 0.422 bits per heavy atom. The molecule has 5 atom stereocenters. The van der Waals surface area contributed by atoms with E-state index in [9.17, 15) is 43.2 Å². The smallest absolute Gasteiger partial charge is 0.462 e. The summed E-state index contributed by atoms with van der Waals surface area (Å²) < 4.78 is 69.0. The minimum Gasteiger partial charge on any atom is -0.462 e. The van der Waals surface area contributed by atoms with E-state index in [0.717, 1.165) is 95.8 Å². The lowest BCUT2D eigenvalue weighted by atomic mass is 10.0. The van der Waals surface area contributed by atoms with Crippen molar-refractivity contribution in [3.63, 3.8) is 0 Å². The van der Waals surface area contributed by atoms with E-state index in [-0.39, 0.29) is 25.7 Å². The number of unbranched alkanes of at least 4 members (excludes halogenated alkanes) is 62. The van der Waals surface area contributed by atoms with Gasteiger partial charge >= 0.3 is 39.5 Å². The number of carbonyl (C=O) groups is 4. The van der Waals surface area contributed by atoms with E-state index in [0.29, 0.717) is 25.7 Å². The molecule has 0 aromatic carbocycles. The minimum absolute atomic E-state index is 0.109. The Morgan fingerprint density at radius 1 is 0.248 bits per heavy atom. The van der Waals surface area contributed by atoms with Crippen LogP contribution in [0.1, 0.15) is 490 Å². The van der Waals surface area contributed by atoms with Gasteiger partial charge in [0.15, 0.2) is 12.2 Å². The molecule has 0 aliphatic heterocycles. The van der Waals surface area contributed by atoms with Gasteiger partial charge in [-0.25, -0.2) is 9.13 Å². The molecule has 0 aromatic heterocycles. The second-order valence-corrected chi connectivity index (χ2v) is 35.7. The van der Waals surface area contributed by atoms with Gasteiger partial charge in [-0.05, 0) is 31.6 Å². The van der Waals surface area contributed by atoms with Crippen LogP contribution in [0.4, 0.5) is 0 Å². The minimum atomic E-state index is -4.97. The second kappa shape index (κ2) is 82.6. The molecule has 19 heteroatoms. The fourth-order valence-corrected chi connectivity index (χ4v) is 15.8. The van der Waals surface area contributed by atoms with Gasteiger partial charge in [-0.2, -0.15) is 0 Å². The van der Waals surface area contributed by atoms with Gasteiger partial charge < -0.3 is 33.8 Å². The number of ether oxygens (including phenoxy) is 4. The molecule has 0 spiro atoms. The average molecular weight is 1590 g/mol. The molecule has 0 aromatic rings. The van der Waals surface area contributed by atoms with Gasteiger partial charge in [0.05, 0.1) is 26.4 Å². The molecule has 0 amide bonds. The number of carbonyl (C=O) groups excluding carboxylic acids is 4. The number of esters is 4. The summed E-state index contributed by atoms with van der Waals surface area (Å²) in [6, 6.07) is 0. The summed E-state index contributed by atoms with van der Waals surface area (Å²) in [5, 5.41) is 10.7. The van der Waals surface area contributed by atoms with Gasteiger partial charge in [0, 0.05) is 25.7 Å². The van der Waals surface area contributed by atoms with Crippen molar-refractivity contribution in [1.82, 2.24) is 0 Å². The third-order valence-corrected chi connectivity index (χ3v) is 23.2. The fourth-order valence-electron chi connectivity index (χ4n) is 14.2. The van der Waals surface area contributed by atoms with Gasteiger partial charge in [-0.15, -0.1) is 0 Å². The summed E-state index contributed by atoms with van der Waals surface area (Å²) in [7, 11) is -9.93.